The predicted molar refractivity (Wildman–Crippen MR) is 90.2 cm³/mol. The van der Waals surface area contributed by atoms with Gasteiger partial charge >= 0.3 is 0 Å². The molecule has 0 saturated carbocycles. The van der Waals surface area contributed by atoms with Crippen LogP contribution in [0.25, 0.3) is 16.9 Å². The molecule has 2 aromatic heterocycles. The molecular weight excluding hydrogens is 290 g/mol. The van der Waals surface area contributed by atoms with E-state index in [4.69, 9.17) is 14.5 Å². The molecule has 23 heavy (non-hydrogen) atoms. The average Bonchev–Trinajstić information content (AvgIpc) is 3.06. The molecular formula is C18H19N3O2. The van der Waals surface area contributed by atoms with Crippen LogP contribution in [-0.4, -0.2) is 42.8 Å². The highest BCUT2D eigenvalue weighted by atomic mass is 16.5. The minimum Gasteiger partial charge on any atom is -0.497 e. The van der Waals surface area contributed by atoms with E-state index in [1.54, 1.807) is 7.11 Å². The van der Waals surface area contributed by atoms with Crippen LogP contribution in [0.4, 0.5) is 5.69 Å². The molecule has 0 spiro atoms. The number of aromatic nitrogens is 2. The van der Waals surface area contributed by atoms with E-state index in [1.807, 2.05) is 24.3 Å². The van der Waals surface area contributed by atoms with E-state index < -0.39 is 0 Å². The predicted octanol–water partition coefficient (Wildman–Crippen LogP) is 2.85. The topological polar surface area (TPSA) is 39.0 Å². The van der Waals surface area contributed by atoms with Gasteiger partial charge in [-0.1, -0.05) is 0 Å². The lowest BCUT2D eigenvalue weighted by Crippen LogP contribution is -2.36. The van der Waals surface area contributed by atoms with E-state index in [-0.39, 0.29) is 0 Å². The number of fused-ring (bicyclic) bond motifs is 1. The summed E-state index contributed by atoms with van der Waals surface area (Å²) in [5.74, 6) is 0.854. The second-order valence-corrected chi connectivity index (χ2v) is 5.60. The van der Waals surface area contributed by atoms with Crippen LogP contribution in [0.15, 0.2) is 48.8 Å². The van der Waals surface area contributed by atoms with Gasteiger partial charge in [-0.3, -0.25) is 0 Å². The van der Waals surface area contributed by atoms with Crippen molar-refractivity contribution in [2.75, 3.05) is 38.3 Å². The largest absolute Gasteiger partial charge is 0.497 e. The number of hydrogen-bond acceptors (Lipinski definition) is 4. The Morgan fingerprint density at radius 3 is 2.61 bits per heavy atom. The summed E-state index contributed by atoms with van der Waals surface area (Å²) in [6.45, 7) is 3.44. The van der Waals surface area contributed by atoms with Crippen molar-refractivity contribution >= 4 is 11.3 Å². The second kappa shape index (κ2) is 5.93. The zero-order valence-electron chi connectivity index (χ0n) is 13.1. The molecule has 0 amide bonds. The summed E-state index contributed by atoms with van der Waals surface area (Å²) in [7, 11) is 1.67. The molecule has 1 aliphatic heterocycles. The number of morpholine rings is 1. The van der Waals surface area contributed by atoms with Crippen molar-refractivity contribution in [3.63, 3.8) is 0 Å². The van der Waals surface area contributed by atoms with Crippen LogP contribution in [0, 0.1) is 0 Å². The van der Waals surface area contributed by atoms with E-state index in [9.17, 15) is 0 Å². The number of ether oxygens (including phenoxy) is 2. The Bertz CT molecular complexity index is 805. The van der Waals surface area contributed by atoms with Crippen LogP contribution in [-0.2, 0) is 4.74 Å². The molecule has 0 bridgehead atoms. The number of imidazole rings is 1. The minimum atomic E-state index is 0.788. The summed E-state index contributed by atoms with van der Waals surface area (Å²) in [5.41, 5.74) is 4.21. The molecule has 0 radical (unpaired) electrons. The summed E-state index contributed by atoms with van der Waals surface area (Å²) in [5, 5.41) is 0. The molecule has 1 saturated heterocycles. The Hall–Kier alpha value is -2.53. The Morgan fingerprint density at radius 2 is 1.87 bits per heavy atom. The second-order valence-electron chi connectivity index (χ2n) is 5.60. The molecule has 5 nitrogen and oxygen atoms in total. The molecule has 3 heterocycles. The van der Waals surface area contributed by atoms with Gasteiger partial charge in [0.25, 0.3) is 0 Å². The molecule has 0 N–H and O–H groups in total. The maximum atomic E-state index is 5.42. The van der Waals surface area contributed by atoms with Gasteiger partial charge in [0.2, 0.25) is 0 Å². The van der Waals surface area contributed by atoms with E-state index in [1.165, 1.54) is 5.69 Å². The fourth-order valence-corrected chi connectivity index (χ4v) is 2.89. The summed E-state index contributed by atoms with van der Waals surface area (Å²) in [6.07, 6.45) is 4.13. The highest BCUT2D eigenvalue weighted by Gasteiger charge is 2.12. The van der Waals surface area contributed by atoms with E-state index in [2.05, 4.69) is 33.8 Å². The summed E-state index contributed by atoms with van der Waals surface area (Å²) < 4.78 is 12.7. The van der Waals surface area contributed by atoms with Gasteiger partial charge in [-0.05, 0) is 30.3 Å². The standard InChI is InChI=1S/C18H19N3O2/c1-22-16-4-2-14(3-5-16)17-13-21-7-6-15(12-18(21)19-17)20-8-10-23-11-9-20/h2-7,12-13H,8-11H2,1H3. The first-order valence-corrected chi connectivity index (χ1v) is 7.79. The van der Waals surface area contributed by atoms with Gasteiger partial charge in [-0.25, -0.2) is 4.98 Å². The molecule has 0 unspecified atom stereocenters. The third-order valence-corrected chi connectivity index (χ3v) is 4.21. The zero-order chi connectivity index (χ0) is 15.6. The van der Waals surface area contributed by atoms with Gasteiger partial charge in [-0.2, -0.15) is 0 Å². The van der Waals surface area contributed by atoms with E-state index in [0.717, 1.165) is 49.0 Å². The number of pyridine rings is 1. The van der Waals surface area contributed by atoms with Crippen LogP contribution in [0.3, 0.4) is 0 Å². The fraction of sp³-hybridized carbons (Fsp3) is 0.278. The lowest BCUT2D eigenvalue weighted by Gasteiger charge is -2.28. The van der Waals surface area contributed by atoms with Crippen LogP contribution in [0.2, 0.25) is 0 Å². The first-order valence-electron chi connectivity index (χ1n) is 7.79. The van der Waals surface area contributed by atoms with Crippen LogP contribution >= 0.6 is 0 Å². The lowest BCUT2D eigenvalue weighted by molar-refractivity contribution is 0.122. The number of hydrogen-bond donors (Lipinski definition) is 0. The number of methoxy groups -OCH3 is 1. The first-order chi connectivity index (χ1) is 11.3. The number of nitrogens with zero attached hydrogens (tertiary/aromatic N) is 3. The van der Waals surface area contributed by atoms with Gasteiger partial charge in [0.15, 0.2) is 0 Å². The SMILES string of the molecule is COc1ccc(-c2cn3ccc(N4CCOCC4)cc3n2)cc1. The fourth-order valence-electron chi connectivity index (χ4n) is 2.89. The van der Waals surface area contributed by atoms with Gasteiger partial charge in [0.05, 0.1) is 26.0 Å². The van der Waals surface area contributed by atoms with Crippen molar-refractivity contribution in [1.82, 2.24) is 9.38 Å². The number of anilines is 1. The van der Waals surface area contributed by atoms with Crippen molar-refractivity contribution in [3.05, 3.63) is 48.8 Å². The molecule has 118 valence electrons. The number of benzene rings is 1. The van der Waals surface area contributed by atoms with Crippen molar-refractivity contribution in [1.29, 1.82) is 0 Å². The van der Waals surface area contributed by atoms with E-state index >= 15 is 0 Å². The molecule has 0 aliphatic carbocycles. The van der Waals surface area contributed by atoms with Gasteiger partial charge in [0, 0.05) is 42.8 Å². The lowest BCUT2D eigenvalue weighted by atomic mass is 10.2. The van der Waals surface area contributed by atoms with Crippen molar-refractivity contribution < 1.29 is 9.47 Å². The molecule has 1 aromatic carbocycles. The smallest absolute Gasteiger partial charge is 0.139 e. The molecule has 0 atom stereocenters. The quantitative estimate of drug-likeness (QED) is 0.746. The van der Waals surface area contributed by atoms with Crippen LogP contribution in [0.5, 0.6) is 5.75 Å². The monoisotopic (exact) mass is 309 g/mol. The Morgan fingerprint density at radius 1 is 1.09 bits per heavy atom. The maximum absolute atomic E-state index is 5.42. The first kappa shape index (κ1) is 14.1. The van der Waals surface area contributed by atoms with Gasteiger partial charge < -0.3 is 18.8 Å². The normalized spacial score (nSPS) is 15.1. The van der Waals surface area contributed by atoms with Gasteiger partial charge in [-0.15, -0.1) is 0 Å². The van der Waals surface area contributed by atoms with Crippen LogP contribution < -0.4 is 9.64 Å². The molecule has 5 heteroatoms. The molecule has 1 aliphatic rings. The van der Waals surface area contributed by atoms with Crippen molar-refractivity contribution in [3.8, 4) is 17.0 Å². The third-order valence-electron chi connectivity index (χ3n) is 4.21. The maximum Gasteiger partial charge on any atom is 0.139 e. The van der Waals surface area contributed by atoms with E-state index in [0.29, 0.717) is 0 Å². The van der Waals surface area contributed by atoms with Crippen molar-refractivity contribution in [2.45, 2.75) is 0 Å². The Balaban J connectivity index is 1.66. The highest BCUT2D eigenvalue weighted by Crippen LogP contribution is 2.24. The number of rotatable bonds is 3. The summed E-state index contributed by atoms with van der Waals surface area (Å²) in [6, 6.07) is 12.3. The molecule has 4 rings (SSSR count). The minimum absolute atomic E-state index is 0.788. The Kier molecular flexibility index (Phi) is 3.63. The summed E-state index contributed by atoms with van der Waals surface area (Å²) in [4.78, 5) is 7.10. The van der Waals surface area contributed by atoms with Crippen LogP contribution in [0.1, 0.15) is 0 Å². The third kappa shape index (κ3) is 2.75. The molecule has 1 fully saturated rings. The molecule has 3 aromatic rings. The Labute approximate surface area is 135 Å². The zero-order valence-corrected chi connectivity index (χ0v) is 13.1. The van der Waals surface area contributed by atoms with Gasteiger partial charge in [0.1, 0.15) is 11.4 Å². The van der Waals surface area contributed by atoms with Crippen molar-refractivity contribution in [2.24, 2.45) is 0 Å². The summed E-state index contributed by atoms with van der Waals surface area (Å²) >= 11 is 0. The average molecular weight is 309 g/mol. The highest BCUT2D eigenvalue weighted by molar-refractivity contribution is 5.66.